The number of fused-ring (bicyclic) bond motifs is 1. The molecule has 152 valence electrons. The summed E-state index contributed by atoms with van der Waals surface area (Å²) in [7, 11) is 0. The third-order valence-electron chi connectivity index (χ3n) is 5.58. The van der Waals surface area contributed by atoms with Crippen LogP contribution in [0.25, 0.3) is 26.4 Å². The summed E-state index contributed by atoms with van der Waals surface area (Å²) in [6, 6.07) is 7.57. The first-order valence-electron chi connectivity index (χ1n) is 9.71. The fraction of sp³-hybridized carbons (Fsp3) is 0.227. The quantitative estimate of drug-likeness (QED) is 0.526. The number of halogens is 1. The molecule has 0 aliphatic heterocycles. The molecule has 4 heterocycles. The molecule has 30 heavy (non-hydrogen) atoms. The number of nitrogens with zero attached hydrogens (tertiary/aromatic N) is 2. The van der Waals surface area contributed by atoms with Gasteiger partial charge in [0.15, 0.2) is 0 Å². The van der Waals surface area contributed by atoms with Crippen molar-refractivity contribution in [1.82, 2.24) is 14.4 Å². The number of pyridine rings is 2. The first-order valence-corrected chi connectivity index (χ1v) is 10.5. The van der Waals surface area contributed by atoms with Crippen LogP contribution < -0.4 is 17.0 Å². The van der Waals surface area contributed by atoms with Crippen LogP contribution in [-0.4, -0.2) is 14.4 Å². The molecule has 4 aromatic heterocycles. The van der Waals surface area contributed by atoms with E-state index in [1.54, 1.807) is 13.1 Å². The van der Waals surface area contributed by atoms with E-state index >= 15 is 4.39 Å². The lowest BCUT2D eigenvalue weighted by atomic mass is 10.0. The summed E-state index contributed by atoms with van der Waals surface area (Å²) in [6.45, 7) is 2.08. The number of aryl methyl sites for hydroxylation is 1. The number of hydrogen-bond acceptors (Lipinski definition) is 5. The predicted molar refractivity (Wildman–Crippen MR) is 115 cm³/mol. The molecule has 0 spiro atoms. The van der Waals surface area contributed by atoms with Gasteiger partial charge in [0, 0.05) is 39.2 Å². The summed E-state index contributed by atoms with van der Waals surface area (Å²) in [6.07, 6.45) is 4.67. The Bertz CT molecular complexity index is 1420. The van der Waals surface area contributed by atoms with E-state index in [1.807, 2.05) is 24.3 Å². The van der Waals surface area contributed by atoms with Crippen LogP contribution in [0.15, 0.2) is 46.2 Å². The van der Waals surface area contributed by atoms with Crippen molar-refractivity contribution in [3.63, 3.8) is 0 Å². The minimum Gasteiger partial charge on any atom is -0.325 e. The van der Waals surface area contributed by atoms with E-state index in [0.29, 0.717) is 28.8 Å². The van der Waals surface area contributed by atoms with Gasteiger partial charge in [-0.05, 0) is 49.4 Å². The van der Waals surface area contributed by atoms with Gasteiger partial charge >= 0.3 is 5.69 Å². The van der Waals surface area contributed by atoms with Crippen molar-refractivity contribution < 1.29 is 4.39 Å². The zero-order valence-corrected chi connectivity index (χ0v) is 17.1. The molecule has 0 radical (unpaired) electrons. The zero-order chi connectivity index (χ0) is 21.0. The van der Waals surface area contributed by atoms with Crippen molar-refractivity contribution >= 4 is 16.9 Å². The summed E-state index contributed by atoms with van der Waals surface area (Å²) >= 11 is 1.43. The van der Waals surface area contributed by atoms with E-state index in [-0.39, 0.29) is 11.5 Å². The molecule has 0 amide bonds. The Labute approximate surface area is 174 Å². The Balaban J connectivity index is 1.75. The highest BCUT2D eigenvalue weighted by atomic mass is 32.1. The van der Waals surface area contributed by atoms with E-state index in [2.05, 4.69) is 9.97 Å². The SMILES string of the molecule is Cc1c(-c2ccc(-c3cccnc3CN)s2)c(F)cn2c(=O)[nH]c(=O)c(C3CC3)c12. The van der Waals surface area contributed by atoms with Gasteiger partial charge in [-0.15, -0.1) is 11.3 Å². The molecule has 5 rings (SSSR count). The Morgan fingerprint density at radius 2 is 2.03 bits per heavy atom. The molecule has 1 aliphatic rings. The normalized spacial score (nSPS) is 13.8. The van der Waals surface area contributed by atoms with Gasteiger partial charge in [0.1, 0.15) is 5.82 Å². The second kappa shape index (κ2) is 7.00. The minimum atomic E-state index is -0.622. The van der Waals surface area contributed by atoms with Crippen molar-refractivity contribution in [3.8, 4) is 20.9 Å². The van der Waals surface area contributed by atoms with Crippen molar-refractivity contribution in [2.45, 2.75) is 32.2 Å². The second-order valence-electron chi connectivity index (χ2n) is 7.51. The first kappa shape index (κ1) is 18.9. The fourth-order valence-corrected chi connectivity index (χ4v) is 5.20. The molecule has 6 nitrogen and oxygen atoms in total. The molecule has 0 bridgehead atoms. The molecule has 0 unspecified atom stereocenters. The van der Waals surface area contributed by atoms with Crippen LogP contribution in [-0.2, 0) is 6.54 Å². The number of rotatable bonds is 4. The standard InChI is InChI=1S/C22H19FN4O2S/c1-11-18(17-7-6-16(30-17)13-3-2-8-25-15(13)9-24)14(23)10-27-20(11)19(12-4-5-12)21(28)26-22(27)29/h2-3,6-8,10,12H,4-5,9,24H2,1H3,(H,26,28,29). The maximum absolute atomic E-state index is 15.2. The van der Waals surface area contributed by atoms with Gasteiger partial charge in [0.2, 0.25) is 0 Å². The van der Waals surface area contributed by atoms with Crippen LogP contribution in [0.3, 0.4) is 0 Å². The minimum absolute atomic E-state index is 0.114. The lowest BCUT2D eigenvalue weighted by Crippen LogP contribution is -2.29. The molecule has 3 N–H and O–H groups in total. The Morgan fingerprint density at radius 3 is 2.77 bits per heavy atom. The highest BCUT2D eigenvalue weighted by Gasteiger charge is 2.31. The molecule has 1 saturated carbocycles. The van der Waals surface area contributed by atoms with Crippen LogP contribution in [0.4, 0.5) is 4.39 Å². The van der Waals surface area contributed by atoms with Crippen LogP contribution in [0.5, 0.6) is 0 Å². The van der Waals surface area contributed by atoms with Crippen molar-refractivity contribution in [1.29, 1.82) is 0 Å². The predicted octanol–water partition coefficient (Wildman–Crippen LogP) is 3.56. The molecule has 1 aliphatic carbocycles. The van der Waals surface area contributed by atoms with Gasteiger partial charge in [-0.3, -0.25) is 19.2 Å². The highest BCUT2D eigenvalue weighted by Crippen LogP contribution is 2.43. The Morgan fingerprint density at radius 1 is 1.27 bits per heavy atom. The summed E-state index contributed by atoms with van der Waals surface area (Å²) < 4.78 is 16.4. The number of nitrogens with two attached hydrogens (primary N) is 1. The number of thiophene rings is 1. The molecule has 0 saturated heterocycles. The fourth-order valence-electron chi connectivity index (χ4n) is 4.04. The van der Waals surface area contributed by atoms with Crippen molar-refractivity contribution in [2.24, 2.45) is 5.73 Å². The van der Waals surface area contributed by atoms with Gasteiger partial charge in [-0.2, -0.15) is 0 Å². The summed E-state index contributed by atoms with van der Waals surface area (Å²) in [5.74, 6) is -0.391. The Hall–Kier alpha value is -3.10. The monoisotopic (exact) mass is 422 g/mol. The molecule has 4 aromatic rings. The molecule has 1 fully saturated rings. The number of aromatic nitrogens is 3. The lowest BCUT2D eigenvalue weighted by Gasteiger charge is -2.13. The number of nitrogens with one attached hydrogen (secondary N) is 1. The largest absolute Gasteiger partial charge is 0.333 e. The van der Waals surface area contributed by atoms with Gasteiger partial charge in [0.25, 0.3) is 5.56 Å². The molecule has 8 heteroatoms. The van der Waals surface area contributed by atoms with E-state index in [0.717, 1.165) is 33.9 Å². The van der Waals surface area contributed by atoms with Crippen LogP contribution in [0.1, 0.15) is 35.6 Å². The van der Waals surface area contributed by atoms with E-state index < -0.39 is 11.5 Å². The van der Waals surface area contributed by atoms with Crippen LogP contribution >= 0.6 is 11.3 Å². The Kier molecular flexibility index (Phi) is 4.41. The lowest BCUT2D eigenvalue weighted by molar-refractivity contribution is 0.619. The number of aromatic amines is 1. The van der Waals surface area contributed by atoms with E-state index in [1.165, 1.54) is 21.9 Å². The molecular formula is C22H19FN4O2S. The van der Waals surface area contributed by atoms with Crippen molar-refractivity contribution in [3.05, 3.63) is 80.1 Å². The summed E-state index contributed by atoms with van der Waals surface area (Å²) in [4.78, 5) is 33.1. The zero-order valence-electron chi connectivity index (χ0n) is 16.2. The topological polar surface area (TPSA) is 93.2 Å². The summed E-state index contributed by atoms with van der Waals surface area (Å²) in [5.41, 5.74) is 8.60. The van der Waals surface area contributed by atoms with Gasteiger partial charge in [-0.25, -0.2) is 9.18 Å². The third kappa shape index (κ3) is 2.91. The van der Waals surface area contributed by atoms with E-state index in [4.69, 9.17) is 5.73 Å². The van der Waals surface area contributed by atoms with Crippen LogP contribution in [0, 0.1) is 12.7 Å². The maximum atomic E-state index is 15.2. The smallest absolute Gasteiger partial charge is 0.325 e. The van der Waals surface area contributed by atoms with Gasteiger partial charge in [-0.1, -0.05) is 6.07 Å². The van der Waals surface area contributed by atoms with Gasteiger partial charge < -0.3 is 5.73 Å². The average Bonchev–Trinajstić information content (AvgIpc) is 3.45. The molecular weight excluding hydrogens is 403 g/mol. The summed E-state index contributed by atoms with van der Waals surface area (Å²) in [5, 5.41) is 0. The third-order valence-corrected chi connectivity index (χ3v) is 6.71. The average molecular weight is 422 g/mol. The first-order chi connectivity index (χ1) is 14.5. The molecule has 0 aromatic carbocycles. The van der Waals surface area contributed by atoms with Crippen LogP contribution in [0.2, 0.25) is 0 Å². The molecule has 0 atom stereocenters. The number of hydrogen-bond donors (Lipinski definition) is 2. The maximum Gasteiger partial charge on any atom is 0.333 e. The highest BCUT2D eigenvalue weighted by molar-refractivity contribution is 7.18. The van der Waals surface area contributed by atoms with Gasteiger partial charge in [0.05, 0.1) is 17.4 Å². The second-order valence-corrected chi connectivity index (χ2v) is 8.59. The van der Waals surface area contributed by atoms with E-state index in [9.17, 15) is 9.59 Å². The van der Waals surface area contributed by atoms with Crippen molar-refractivity contribution in [2.75, 3.05) is 0 Å². The number of H-pyrrole nitrogens is 1.